The van der Waals surface area contributed by atoms with Crippen LogP contribution in [0.1, 0.15) is 22.0 Å². The third-order valence-corrected chi connectivity index (χ3v) is 3.77. The van der Waals surface area contributed by atoms with Crippen LogP contribution in [0, 0.1) is 0 Å². The normalized spacial score (nSPS) is 17.8. The molecule has 0 bridgehead atoms. The van der Waals surface area contributed by atoms with Crippen molar-refractivity contribution in [2.24, 2.45) is 0 Å². The molecule has 3 rings (SSSR count). The molecular weight excluding hydrogens is 294 g/mol. The minimum absolute atomic E-state index is 0.118. The number of methoxy groups -OCH3 is 1. The maximum atomic E-state index is 12.5. The molecule has 0 saturated heterocycles. The molecule has 1 unspecified atom stereocenters. The summed E-state index contributed by atoms with van der Waals surface area (Å²) in [5.41, 5.74) is 1.22. The second-order valence-electron chi connectivity index (χ2n) is 5.26. The zero-order chi connectivity index (χ0) is 16.2. The van der Waals surface area contributed by atoms with Crippen LogP contribution in [0.15, 0.2) is 54.6 Å². The number of Topliss-reactive ketones (excluding diaryl/α,β-unsaturated/α-hetero) is 1. The first kappa shape index (κ1) is 15.2. The molecule has 0 fully saturated rings. The maximum Gasteiger partial charge on any atom is 0.254 e. The molecule has 2 atom stereocenters. The Morgan fingerprint density at radius 3 is 2.61 bits per heavy atom. The summed E-state index contributed by atoms with van der Waals surface area (Å²) in [5.74, 6) is 0.0393. The Kier molecular flexibility index (Phi) is 4.39. The van der Waals surface area contributed by atoms with Crippen molar-refractivity contribution in [3.8, 4) is 5.75 Å². The summed E-state index contributed by atoms with van der Waals surface area (Å²) in [6.07, 6.45) is -0.763. The zero-order valence-corrected chi connectivity index (χ0v) is 12.7. The second kappa shape index (κ2) is 6.62. The number of ether oxygens (including phenoxy) is 2. The molecule has 2 aromatic rings. The van der Waals surface area contributed by atoms with E-state index in [0.29, 0.717) is 11.3 Å². The molecule has 1 aliphatic heterocycles. The maximum absolute atomic E-state index is 12.5. The number of carbonyl (C=O) groups excluding carboxylic acids is 2. The molecule has 0 aliphatic carbocycles. The molecule has 1 heterocycles. The number of benzene rings is 2. The van der Waals surface area contributed by atoms with Gasteiger partial charge in [0.1, 0.15) is 18.4 Å². The molecular formula is C18H17NO4. The summed E-state index contributed by atoms with van der Waals surface area (Å²) >= 11 is 0. The van der Waals surface area contributed by atoms with E-state index in [9.17, 15) is 9.59 Å². The fourth-order valence-electron chi connectivity index (χ4n) is 2.61. The number of carbonyl (C=O) groups is 2. The lowest BCUT2D eigenvalue weighted by Gasteiger charge is -2.26. The van der Waals surface area contributed by atoms with E-state index in [0.717, 1.165) is 5.56 Å². The Bertz CT molecular complexity index is 714. The highest BCUT2D eigenvalue weighted by Gasteiger charge is 2.32. The number of rotatable bonds is 4. The SMILES string of the molecule is CO[C@@H](C(=O)NC1COc2ccccc2C1=O)c1ccccc1. The number of amides is 1. The third-order valence-electron chi connectivity index (χ3n) is 3.77. The largest absolute Gasteiger partial charge is 0.490 e. The van der Waals surface area contributed by atoms with E-state index in [-0.39, 0.29) is 18.3 Å². The number of hydrogen-bond donors (Lipinski definition) is 1. The highest BCUT2D eigenvalue weighted by atomic mass is 16.5. The van der Waals surface area contributed by atoms with Crippen LogP contribution in [-0.4, -0.2) is 31.4 Å². The molecule has 23 heavy (non-hydrogen) atoms. The average molecular weight is 311 g/mol. The van der Waals surface area contributed by atoms with E-state index >= 15 is 0 Å². The highest BCUT2D eigenvalue weighted by Crippen LogP contribution is 2.24. The van der Waals surface area contributed by atoms with Gasteiger partial charge in [0.2, 0.25) is 0 Å². The van der Waals surface area contributed by atoms with E-state index < -0.39 is 12.1 Å². The molecule has 5 nitrogen and oxygen atoms in total. The van der Waals surface area contributed by atoms with Crippen molar-refractivity contribution >= 4 is 11.7 Å². The molecule has 0 aromatic heterocycles. The smallest absolute Gasteiger partial charge is 0.254 e. The quantitative estimate of drug-likeness (QED) is 0.939. The number of fused-ring (bicyclic) bond motifs is 1. The summed E-state index contributed by atoms with van der Waals surface area (Å²) in [5, 5.41) is 2.72. The van der Waals surface area contributed by atoms with Crippen LogP contribution < -0.4 is 10.1 Å². The Morgan fingerprint density at radius 1 is 1.17 bits per heavy atom. The lowest BCUT2D eigenvalue weighted by molar-refractivity contribution is -0.132. The lowest BCUT2D eigenvalue weighted by Crippen LogP contribution is -2.48. The fraction of sp³-hybridized carbons (Fsp3) is 0.222. The van der Waals surface area contributed by atoms with Gasteiger partial charge < -0.3 is 14.8 Å². The van der Waals surface area contributed by atoms with E-state index in [4.69, 9.17) is 9.47 Å². The van der Waals surface area contributed by atoms with Gasteiger partial charge in [-0.05, 0) is 17.7 Å². The van der Waals surface area contributed by atoms with Crippen molar-refractivity contribution in [2.45, 2.75) is 12.1 Å². The molecule has 2 aromatic carbocycles. The summed E-state index contributed by atoms with van der Waals surface area (Å²) in [6, 6.07) is 15.5. The summed E-state index contributed by atoms with van der Waals surface area (Å²) in [4.78, 5) is 24.9. The average Bonchev–Trinajstić information content (AvgIpc) is 2.59. The van der Waals surface area contributed by atoms with Gasteiger partial charge in [-0.3, -0.25) is 9.59 Å². The second-order valence-corrected chi connectivity index (χ2v) is 5.26. The van der Waals surface area contributed by atoms with Gasteiger partial charge in [0, 0.05) is 7.11 Å². The van der Waals surface area contributed by atoms with Crippen LogP contribution in [0.4, 0.5) is 0 Å². The van der Waals surface area contributed by atoms with Crippen LogP contribution in [0.2, 0.25) is 0 Å². The van der Waals surface area contributed by atoms with Crippen LogP contribution >= 0.6 is 0 Å². The first-order valence-corrected chi connectivity index (χ1v) is 7.35. The first-order chi connectivity index (χ1) is 11.2. The van der Waals surface area contributed by atoms with Crippen molar-refractivity contribution < 1.29 is 19.1 Å². The predicted octanol–water partition coefficient (Wildman–Crippen LogP) is 2.13. The summed E-state index contributed by atoms with van der Waals surface area (Å²) in [7, 11) is 1.46. The van der Waals surface area contributed by atoms with Crippen molar-refractivity contribution in [3.63, 3.8) is 0 Å². The van der Waals surface area contributed by atoms with Crippen molar-refractivity contribution in [1.29, 1.82) is 0 Å². The van der Waals surface area contributed by atoms with E-state index in [1.54, 1.807) is 24.3 Å². The molecule has 5 heteroatoms. The minimum atomic E-state index is -0.763. The van der Waals surface area contributed by atoms with Crippen molar-refractivity contribution in [3.05, 3.63) is 65.7 Å². The van der Waals surface area contributed by atoms with Crippen LogP contribution in [0.5, 0.6) is 5.75 Å². The Hall–Kier alpha value is -2.66. The number of nitrogens with one attached hydrogen (secondary N) is 1. The lowest BCUT2D eigenvalue weighted by atomic mass is 10.0. The number of para-hydroxylation sites is 1. The van der Waals surface area contributed by atoms with E-state index in [2.05, 4.69) is 5.32 Å². The molecule has 0 radical (unpaired) electrons. The monoisotopic (exact) mass is 311 g/mol. The minimum Gasteiger partial charge on any atom is -0.490 e. The molecule has 1 amide bonds. The number of hydrogen-bond acceptors (Lipinski definition) is 4. The first-order valence-electron chi connectivity index (χ1n) is 7.35. The summed E-state index contributed by atoms with van der Waals surface area (Å²) < 4.78 is 10.8. The van der Waals surface area contributed by atoms with Crippen LogP contribution in [0.3, 0.4) is 0 Å². The van der Waals surface area contributed by atoms with Gasteiger partial charge in [0.15, 0.2) is 11.9 Å². The van der Waals surface area contributed by atoms with Gasteiger partial charge >= 0.3 is 0 Å². The molecule has 1 N–H and O–H groups in total. The number of ketones is 1. The van der Waals surface area contributed by atoms with Gasteiger partial charge in [-0.2, -0.15) is 0 Å². The van der Waals surface area contributed by atoms with Crippen molar-refractivity contribution in [2.75, 3.05) is 13.7 Å². The predicted molar refractivity (Wildman–Crippen MR) is 84.4 cm³/mol. The molecule has 0 spiro atoms. The fourth-order valence-corrected chi connectivity index (χ4v) is 2.61. The van der Waals surface area contributed by atoms with Gasteiger partial charge in [-0.25, -0.2) is 0 Å². The van der Waals surface area contributed by atoms with Crippen molar-refractivity contribution in [1.82, 2.24) is 5.32 Å². The molecule has 118 valence electrons. The third kappa shape index (κ3) is 3.10. The standard InChI is InChI=1S/C18H17NO4/c1-22-17(12-7-3-2-4-8-12)18(21)19-14-11-23-15-10-6-5-9-13(15)16(14)20/h2-10,14,17H,11H2,1H3,(H,19,21)/t14?,17-/m1/s1. The van der Waals surface area contributed by atoms with Crippen LogP contribution in [0.25, 0.3) is 0 Å². The van der Waals surface area contributed by atoms with Gasteiger partial charge in [-0.1, -0.05) is 42.5 Å². The summed E-state index contributed by atoms with van der Waals surface area (Å²) in [6.45, 7) is 0.118. The van der Waals surface area contributed by atoms with Crippen LogP contribution in [-0.2, 0) is 9.53 Å². The Morgan fingerprint density at radius 2 is 1.87 bits per heavy atom. The molecule has 0 saturated carbocycles. The topological polar surface area (TPSA) is 64.6 Å². The van der Waals surface area contributed by atoms with Gasteiger partial charge in [-0.15, -0.1) is 0 Å². The Balaban J connectivity index is 1.74. The molecule has 1 aliphatic rings. The highest BCUT2D eigenvalue weighted by molar-refractivity contribution is 6.05. The van der Waals surface area contributed by atoms with Gasteiger partial charge in [0.05, 0.1) is 5.56 Å². The van der Waals surface area contributed by atoms with E-state index in [1.807, 2.05) is 30.3 Å². The Labute approximate surface area is 134 Å². The van der Waals surface area contributed by atoms with E-state index in [1.165, 1.54) is 7.11 Å². The van der Waals surface area contributed by atoms with Gasteiger partial charge in [0.25, 0.3) is 5.91 Å². The zero-order valence-electron chi connectivity index (χ0n) is 12.7.